The second-order valence-corrected chi connectivity index (χ2v) is 5.43. The van der Waals surface area contributed by atoms with Crippen molar-refractivity contribution >= 4 is 5.97 Å². The van der Waals surface area contributed by atoms with E-state index in [9.17, 15) is 4.79 Å². The highest BCUT2D eigenvalue weighted by Crippen LogP contribution is 2.19. The first-order valence-corrected chi connectivity index (χ1v) is 7.73. The van der Waals surface area contributed by atoms with Crippen molar-refractivity contribution in [1.82, 2.24) is 4.90 Å². The molecule has 1 aromatic carbocycles. The summed E-state index contributed by atoms with van der Waals surface area (Å²) in [4.78, 5) is 14.1. The number of hydrogen-bond donors (Lipinski definition) is 0. The molecule has 1 atom stereocenters. The fraction of sp³-hybridized carbons (Fsp3) is 0.588. The second-order valence-electron chi connectivity index (χ2n) is 5.43. The molecule has 2 rings (SSSR count). The fourth-order valence-corrected chi connectivity index (χ4v) is 2.92. The van der Waals surface area contributed by atoms with Crippen LogP contribution in [0, 0.1) is 0 Å². The van der Waals surface area contributed by atoms with Crippen LogP contribution in [0.2, 0.25) is 0 Å². The van der Waals surface area contributed by atoms with E-state index in [-0.39, 0.29) is 5.97 Å². The van der Waals surface area contributed by atoms with E-state index in [1.807, 2.05) is 13.0 Å². The van der Waals surface area contributed by atoms with Crippen LogP contribution in [-0.2, 0) is 16.0 Å². The van der Waals surface area contributed by atoms with E-state index < -0.39 is 0 Å². The van der Waals surface area contributed by atoms with Gasteiger partial charge in [0.2, 0.25) is 0 Å². The summed E-state index contributed by atoms with van der Waals surface area (Å²) >= 11 is 0. The van der Waals surface area contributed by atoms with Crippen molar-refractivity contribution in [3.05, 3.63) is 35.9 Å². The van der Waals surface area contributed by atoms with Gasteiger partial charge in [0.15, 0.2) is 0 Å². The van der Waals surface area contributed by atoms with Crippen molar-refractivity contribution < 1.29 is 9.53 Å². The van der Waals surface area contributed by atoms with Gasteiger partial charge < -0.3 is 9.64 Å². The number of ether oxygens (including phenoxy) is 1. The number of benzene rings is 1. The molecule has 110 valence electrons. The molecular formula is C17H25NO2. The van der Waals surface area contributed by atoms with Gasteiger partial charge in [-0.3, -0.25) is 4.79 Å². The molecule has 3 heteroatoms. The molecule has 0 amide bonds. The Morgan fingerprint density at radius 3 is 2.60 bits per heavy atom. The zero-order chi connectivity index (χ0) is 14.2. The van der Waals surface area contributed by atoms with Crippen molar-refractivity contribution in [1.29, 1.82) is 0 Å². The summed E-state index contributed by atoms with van der Waals surface area (Å²) in [6.07, 6.45) is 5.02. The highest BCUT2D eigenvalue weighted by molar-refractivity contribution is 5.69. The predicted octanol–water partition coefficient (Wildman–Crippen LogP) is 3.04. The molecule has 0 aromatic heterocycles. The zero-order valence-corrected chi connectivity index (χ0v) is 12.4. The fourth-order valence-electron chi connectivity index (χ4n) is 2.92. The summed E-state index contributed by atoms with van der Waals surface area (Å²) in [5.41, 5.74) is 1.35. The van der Waals surface area contributed by atoms with Crippen LogP contribution in [0.1, 0.15) is 38.2 Å². The molecule has 1 unspecified atom stereocenters. The third-order valence-electron chi connectivity index (χ3n) is 3.96. The summed E-state index contributed by atoms with van der Waals surface area (Å²) in [7, 11) is 0. The zero-order valence-electron chi connectivity index (χ0n) is 12.4. The third kappa shape index (κ3) is 4.64. The van der Waals surface area contributed by atoms with Gasteiger partial charge in [-0.05, 0) is 51.3 Å². The molecule has 1 aliphatic heterocycles. The predicted molar refractivity (Wildman–Crippen MR) is 80.6 cm³/mol. The van der Waals surface area contributed by atoms with E-state index in [0.717, 1.165) is 12.8 Å². The molecule has 0 aliphatic carbocycles. The SMILES string of the molecule is CCOC(=O)CCC(Cc1ccccc1)N1CCCC1. The number of esters is 1. The smallest absolute Gasteiger partial charge is 0.305 e. The van der Waals surface area contributed by atoms with Crippen LogP contribution in [0.5, 0.6) is 0 Å². The Kier molecular flexibility index (Phi) is 6.06. The van der Waals surface area contributed by atoms with Crippen LogP contribution in [0.15, 0.2) is 30.3 Å². The summed E-state index contributed by atoms with van der Waals surface area (Å²) in [6, 6.07) is 11.0. The summed E-state index contributed by atoms with van der Waals surface area (Å²) in [5, 5.41) is 0. The average molecular weight is 275 g/mol. The van der Waals surface area contributed by atoms with Crippen LogP contribution in [0.3, 0.4) is 0 Å². The van der Waals surface area contributed by atoms with Crippen molar-refractivity contribution in [2.24, 2.45) is 0 Å². The van der Waals surface area contributed by atoms with Gasteiger partial charge in [0.25, 0.3) is 0 Å². The van der Waals surface area contributed by atoms with E-state index in [2.05, 4.69) is 29.2 Å². The Morgan fingerprint density at radius 1 is 1.25 bits per heavy atom. The number of carbonyl (C=O) groups is 1. The van der Waals surface area contributed by atoms with Crippen molar-refractivity contribution in [3.63, 3.8) is 0 Å². The van der Waals surface area contributed by atoms with Crippen LogP contribution >= 0.6 is 0 Å². The van der Waals surface area contributed by atoms with Crippen molar-refractivity contribution in [2.75, 3.05) is 19.7 Å². The van der Waals surface area contributed by atoms with Gasteiger partial charge in [0.05, 0.1) is 6.61 Å². The van der Waals surface area contributed by atoms with Crippen molar-refractivity contribution in [2.45, 2.75) is 45.1 Å². The first-order chi connectivity index (χ1) is 9.79. The van der Waals surface area contributed by atoms with Crippen LogP contribution in [0.4, 0.5) is 0 Å². The minimum Gasteiger partial charge on any atom is -0.466 e. The molecular weight excluding hydrogens is 250 g/mol. The normalized spacial score (nSPS) is 17.1. The standard InChI is InChI=1S/C17H25NO2/c1-2-20-17(19)11-10-16(18-12-6-7-13-18)14-15-8-4-3-5-9-15/h3-5,8-9,16H,2,6-7,10-14H2,1H3. The quantitative estimate of drug-likeness (QED) is 0.716. The Balaban J connectivity index is 1.92. The Labute approximate surface area is 121 Å². The first kappa shape index (κ1) is 15.0. The molecule has 3 nitrogen and oxygen atoms in total. The number of nitrogens with zero attached hydrogens (tertiary/aromatic N) is 1. The molecule has 1 aromatic rings. The lowest BCUT2D eigenvalue weighted by atomic mass is 10.0. The van der Waals surface area contributed by atoms with Gasteiger partial charge >= 0.3 is 5.97 Å². The van der Waals surface area contributed by atoms with Crippen LogP contribution in [-0.4, -0.2) is 36.6 Å². The molecule has 0 saturated carbocycles. The number of rotatable bonds is 7. The largest absolute Gasteiger partial charge is 0.466 e. The summed E-state index contributed by atoms with van der Waals surface area (Å²) < 4.78 is 5.05. The Hall–Kier alpha value is -1.35. The molecule has 1 heterocycles. The Bertz CT molecular complexity index is 399. The lowest BCUT2D eigenvalue weighted by Crippen LogP contribution is -2.35. The van der Waals surface area contributed by atoms with Gasteiger partial charge in [0, 0.05) is 12.5 Å². The number of likely N-dealkylation sites (tertiary alicyclic amines) is 1. The minimum absolute atomic E-state index is 0.0650. The van der Waals surface area contributed by atoms with E-state index >= 15 is 0 Å². The topological polar surface area (TPSA) is 29.5 Å². The van der Waals surface area contributed by atoms with Gasteiger partial charge in [-0.25, -0.2) is 0 Å². The summed E-state index contributed by atoms with van der Waals surface area (Å²) in [5.74, 6) is -0.0650. The number of hydrogen-bond acceptors (Lipinski definition) is 3. The molecule has 0 radical (unpaired) electrons. The highest BCUT2D eigenvalue weighted by atomic mass is 16.5. The van der Waals surface area contributed by atoms with Crippen LogP contribution in [0.25, 0.3) is 0 Å². The maximum atomic E-state index is 11.6. The molecule has 1 saturated heterocycles. The van der Waals surface area contributed by atoms with E-state index in [4.69, 9.17) is 4.74 Å². The lowest BCUT2D eigenvalue weighted by Gasteiger charge is -2.27. The molecule has 1 aliphatic rings. The molecule has 1 fully saturated rings. The van der Waals surface area contributed by atoms with Crippen LogP contribution < -0.4 is 0 Å². The summed E-state index contributed by atoms with van der Waals surface area (Å²) in [6.45, 7) is 4.67. The van der Waals surface area contributed by atoms with Gasteiger partial charge in [0.1, 0.15) is 0 Å². The average Bonchev–Trinajstić information content (AvgIpc) is 2.99. The molecule has 0 spiro atoms. The van der Waals surface area contributed by atoms with E-state index in [1.165, 1.54) is 31.5 Å². The minimum atomic E-state index is -0.0650. The van der Waals surface area contributed by atoms with Crippen molar-refractivity contribution in [3.8, 4) is 0 Å². The van der Waals surface area contributed by atoms with E-state index in [1.54, 1.807) is 0 Å². The van der Waals surface area contributed by atoms with Gasteiger partial charge in [-0.1, -0.05) is 30.3 Å². The number of carbonyl (C=O) groups excluding carboxylic acids is 1. The third-order valence-corrected chi connectivity index (χ3v) is 3.96. The van der Waals surface area contributed by atoms with Gasteiger partial charge in [-0.15, -0.1) is 0 Å². The van der Waals surface area contributed by atoms with Gasteiger partial charge in [-0.2, -0.15) is 0 Å². The lowest BCUT2D eigenvalue weighted by molar-refractivity contribution is -0.143. The second kappa shape index (κ2) is 8.05. The maximum absolute atomic E-state index is 11.6. The monoisotopic (exact) mass is 275 g/mol. The molecule has 20 heavy (non-hydrogen) atoms. The molecule has 0 N–H and O–H groups in total. The van der Waals surface area contributed by atoms with E-state index in [0.29, 0.717) is 19.1 Å². The maximum Gasteiger partial charge on any atom is 0.305 e. The first-order valence-electron chi connectivity index (χ1n) is 7.73. The Morgan fingerprint density at radius 2 is 1.95 bits per heavy atom. The molecule has 0 bridgehead atoms. The highest BCUT2D eigenvalue weighted by Gasteiger charge is 2.23.